The second kappa shape index (κ2) is 9.26. The van der Waals surface area contributed by atoms with Gasteiger partial charge in [0.25, 0.3) is 0 Å². The van der Waals surface area contributed by atoms with Crippen LogP contribution >= 0.6 is 0 Å². The first-order chi connectivity index (χ1) is 14.3. The number of aryl methyl sites for hydroxylation is 2. The van der Waals surface area contributed by atoms with Crippen molar-refractivity contribution in [3.63, 3.8) is 0 Å². The summed E-state index contributed by atoms with van der Waals surface area (Å²) in [4.78, 5) is 24.6. The zero-order valence-corrected chi connectivity index (χ0v) is 17.7. The van der Waals surface area contributed by atoms with Gasteiger partial charge in [0.1, 0.15) is 0 Å². The van der Waals surface area contributed by atoms with E-state index in [0.29, 0.717) is 12.1 Å². The van der Waals surface area contributed by atoms with Crippen LogP contribution in [0.15, 0.2) is 54.6 Å². The lowest BCUT2D eigenvalue weighted by atomic mass is 10.1. The first kappa shape index (κ1) is 21.1. The number of carbonyl (C=O) groups is 2. The van der Waals surface area contributed by atoms with Crippen molar-refractivity contribution in [1.82, 2.24) is 15.1 Å². The minimum atomic E-state index is -0.308. The molecule has 0 saturated heterocycles. The number of amides is 3. The van der Waals surface area contributed by atoms with Crippen molar-refractivity contribution in [3.05, 3.63) is 77.1 Å². The van der Waals surface area contributed by atoms with Gasteiger partial charge in [0, 0.05) is 29.7 Å². The van der Waals surface area contributed by atoms with Gasteiger partial charge in [0.15, 0.2) is 0 Å². The second-order valence-electron chi connectivity index (χ2n) is 7.31. The first-order valence-corrected chi connectivity index (χ1v) is 9.85. The summed E-state index contributed by atoms with van der Waals surface area (Å²) in [5.41, 5.74) is 5.19. The predicted octanol–water partition coefficient (Wildman–Crippen LogP) is 4.10. The number of nitrogens with one attached hydrogen (secondary N) is 3. The molecule has 0 aliphatic heterocycles. The molecule has 3 aromatic rings. The molecule has 7 nitrogen and oxygen atoms in total. The Morgan fingerprint density at radius 1 is 0.967 bits per heavy atom. The molecule has 3 rings (SSSR count). The zero-order valence-electron chi connectivity index (χ0n) is 17.7. The van der Waals surface area contributed by atoms with Crippen molar-refractivity contribution >= 4 is 23.3 Å². The Hall–Kier alpha value is -3.61. The van der Waals surface area contributed by atoms with Crippen molar-refractivity contribution < 1.29 is 9.59 Å². The van der Waals surface area contributed by atoms with Crippen LogP contribution in [0.1, 0.15) is 35.5 Å². The van der Waals surface area contributed by atoms with E-state index in [2.05, 4.69) is 21.0 Å². The van der Waals surface area contributed by atoms with E-state index >= 15 is 0 Å². The molecule has 156 valence electrons. The van der Waals surface area contributed by atoms with Crippen LogP contribution in [0.4, 0.5) is 16.2 Å². The highest BCUT2D eigenvalue weighted by atomic mass is 16.2. The van der Waals surface area contributed by atoms with E-state index in [1.807, 2.05) is 82.4 Å². The topological polar surface area (TPSA) is 88.1 Å². The molecule has 2 aromatic carbocycles. The van der Waals surface area contributed by atoms with Crippen LogP contribution < -0.4 is 16.0 Å². The SMILES string of the molecule is Cc1nn(C)c(C)c1CC(=O)NC(C)c1ccc(NC(=O)Nc2ccccc2)cc1. The number of hydrogen-bond acceptors (Lipinski definition) is 3. The molecule has 0 aliphatic carbocycles. The summed E-state index contributed by atoms with van der Waals surface area (Å²) in [6.45, 7) is 5.82. The molecule has 3 amide bonds. The fraction of sp³-hybridized carbons (Fsp3) is 0.261. The maximum Gasteiger partial charge on any atom is 0.323 e. The Balaban J connectivity index is 1.54. The molecule has 1 heterocycles. The third-order valence-electron chi connectivity index (χ3n) is 5.07. The van der Waals surface area contributed by atoms with E-state index in [4.69, 9.17) is 0 Å². The van der Waals surface area contributed by atoms with E-state index in [-0.39, 0.29) is 18.0 Å². The molecule has 0 saturated carbocycles. The molecule has 0 bridgehead atoms. The van der Waals surface area contributed by atoms with E-state index < -0.39 is 0 Å². The summed E-state index contributed by atoms with van der Waals surface area (Å²) in [6.07, 6.45) is 0.301. The van der Waals surface area contributed by atoms with Crippen molar-refractivity contribution in [3.8, 4) is 0 Å². The van der Waals surface area contributed by atoms with Crippen molar-refractivity contribution in [2.24, 2.45) is 7.05 Å². The van der Waals surface area contributed by atoms with Crippen LogP contribution in [0.3, 0.4) is 0 Å². The molecule has 0 aliphatic rings. The van der Waals surface area contributed by atoms with Gasteiger partial charge in [-0.3, -0.25) is 9.48 Å². The smallest absolute Gasteiger partial charge is 0.323 e. The third-order valence-corrected chi connectivity index (χ3v) is 5.07. The highest BCUT2D eigenvalue weighted by molar-refractivity contribution is 5.99. The Bertz CT molecular complexity index is 1030. The van der Waals surface area contributed by atoms with Crippen LogP contribution in [0.5, 0.6) is 0 Å². The lowest BCUT2D eigenvalue weighted by molar-refractivity contribution is -0.121. The number of benzene rings is 2. The van der Waals surface area contributed by atoms with Gasteiger partial charge in [-0.25, -0.2) is 4.79 Å². The molecule has 1 aromatic heterocycles. The molecule has 7 heteroatoms. The Morgan fingerprint density at radius 3 is 2.13 bits per heavy atom. The van der Waals surface area contributed by atoms with E-state index in [9.17, 15) is 9.59 Å². The molecule has 3 N–H and O–H groups in total. The fourth-order valence-corrected chi connectivity index (χ4v) is 3.28. The Kier molecular flexibility index (Phi) is 6.51. The lowest BCUT2D eigenvalue weighted by Gasteiger charge is -2.15. The zero-order chi connectivity index (χ0) is 21.7. The van der Waals surface area contributed by atoms with Crippen LogP contribution in [0.2, 0.25) is 0 Å². The number of para-hydroxylation sites is 1. The Morgan fingerprint density at radius 2 is 1.57 bits per heavy atom. The fourth-order valence-electron chi connectivity index (χ4n) is 3.28. The molecule has 30 heavy (non-hydrogen) atoms. The summed E-state index contributed by atoms with van der Waals surface area (Å²) in [5.74, 6) is -0.0499. The average Bonchev–Trinajstić information content (AvgIpc) is 2.95. The monoisotopic (exact) mass is 405 g/mol. The molecular formula is C23H27N5O2. The van der Waals surface area contributed by atoms with Crippen molar-refractivity contribution in [2.45, 2.75) is 33.2 Å². The van der Waals surface area contributed by atoms with Gasteiger partial charge in [-0.05, 0) is 50.6 Å². The van der Waals surface area contributed by atoms with Crippen LogP contribution in [-0.4, -0.2) is 21.7 Å². The highest BCUT2D eigenvalue weighted by Crippen LogP contribution is 2.18. The highest BCUT2D eigenvalue weighted by Gasteiger charge is 2.16. The van der Waals surface area contributed by atoms with Gasteiger partial charge in [-0.2, -0.15) is 5.10 Å². The van der Waals surface area contributed by atoms with E-state index in [0.717, 1.165) is 28.2 Å². The number of carbonyl (C=O) groups excluding carboxylic acids is 2. The summed E-state index contributed by atoms with van der Waals surface area (Å²) >= 11 is 0. The normalized spacial score (nSPS) is 11.6. The Labute approximate surface area is 176 Å². The second-order valence-corrected chi connectivity index (χ2v) is 7.31. The summed E-state index contributed by atoms with van der Waals surface area (Å²) in [5, 5.41) is 13.0. The maximum atomic E-state index is 12.5. The van der Waals surface area contributed by atoms with Gasteiger partial charge in [-0.15, -0.1) is 0 Å². The van der Waals surface area contributed by atoms with Crippen LogP contribution in [0.25, 0.3) is 0 Å². The molecule has 0 spiro atoms. The molecule has 0 fully saturated rings. The standard InChI is InChI=1S/C23H27N5O2/c1-15(24-22(29)14-21-16(2)27-28(4)17(21)3)18-10-12-20(13-11-18)26-23(30)25-19-8-6-5-7-9-19/h5-13,15H,14H2,1-4H3,(H,24,29)(H2,25,26,30). The summed E-state index contributed by atoms with van der Waals surface area (Å²) < 4.78 is 1.79. The third kappa shape index (κ3) is 5.26. The van der Waals surface area contributed by atoms with E-state index in [1.165, 1.54) is 0 Å². The molecule has 1 unspecified atom stereocenters. The van der Waals surface area contributed by atoms with Crippen molar-refractivity contribution in [2.75, 3.05) is 10.6 Å². The van der Waals surface area contributed by atoms with E-state index in [1.54, 1.807) is 4.68 Å². The number of nitrogens with zero attached hydrogens (tertiary/aromatic N) is 2. The quantitative estimate of drug-likeness (QED) is 0.577. The first-order valence-electron chi connectivity index (χ1n) is 9.85. The lowest BCUT2D eigenvalue weighted by Crippen LogP contribution is -2.28. The number of aromatic nitrogens is 2. The summed E-state index contributed by atoms with van der Waals surface area (Å²) in [6, 6.07) is 16.2. The van der Waals surface area contributed by atoms with Crippen LogP contribution in [0, 0.1) is 13.8 Å². The van der Waals surface area contributed by atoms with Gasteiger partial charge in [0.2, 0.25) is 5.91 Å². The predicted molar refractivity (Wildman–Crippen MR) is 118 cm³/mol. The summed E-state index contributed by atoms with van der Waals surface area (Å²) in [7, 11) is 1.88. The maximum absolute atomic E-state index is 12.5. The minimum absolute atomic E-state index is 0.0499. The number of anilines is 2. The average molecular weight is 406 g/mol. The number of urea groups is 1. The van der Waals surface area contributed by atoms with Crippen molar-refractivity contribution in [1.29, 1.82) is 0 Å². The number of rotatable bonds is 6. The van der Waals surface area contributed by atoms with Gasteiger partial charge in [0.05, 0.1) is 18.2 Å². The van der Waals surface area contributed by atoms with Gasteiger partial charge in [-0.1, -0.05) is 30.3 Å². The molecule has 1 atom stereocenters. The van der Waals surface area contributed by atoms with Gasteiger partial charge < -0.3 is 16.0 Å². The molecular weight excluding hydrogens is 378 g/mol. The largest absolute Gasteiger partial charge is 0.349 e. The number of hydrogen-bond donors (Lipinski definition) is 3. The van der Waals surface area contributed by atoms with Gasteiger partial charge >= 0.3 is 6.03 Å². The molecule has 0 radical (unpaired) electrons. The van der Waals surface area contributed by atoms with Crippen LogP contribution in [-0.2, 0) is 18.3 Å². The minimum Gasteiger partial charge on any atom is -0.349 e.